The van der Waals surface area contributed by atoms with Crippen LogP contribution >= 0.6 is 0 Å². The Morgan fingerprint density at radius 1 is 1.44 bits per heavy atom. The maximum Gasteiger partial charge on any atom is 0.303 e. The number of carboxylic acid groups (broad SMARTS) is 1. The number of aryl methyl sites for hydroxylation is 1. The number of benzene rings is 1. The number of carboxylic acids is 1. The van der Waals surface area contributed by atoms with Gasteiger partial charge in [-0.05, 0) is 24.1 Å². The minimum atomic E-state index is -2.51. The highest BCUT2D eigenvalue weighted by Gasteiger charge is 2.04. The normalized spacial score (nSPS) is 10.4. The van der Waals surface area contributed by atoms with E-state index in [1.807, 2.05) is 0 Å². The SMILES string of the molecule is O=C(O)CCc1cccc(OCC(F)F)c1. The molecule has 16 heavy (non-hydrogen) atoms. The van der Waals surface area contributed by atoms with Crippen molar-refractivity contribution in [2.24, 2.45) is 0 Å². The molecule has 0 fully saturated rings. The van der Waals surface area contributed by atoms with E-state index in [0.29, 0.717) is 12.2 Å². The number of hydrogen-bond acceptors (Lipinski definition) is 2. The molecule has 0 amide bonds. The summed E-state index contributed by atoms with van der Waals surface area (Å²) in [5, 5.41) is 8.49. The summed E-state index contributed by atoms with van der Waals surface area (Å²) < 4.78 is 28.6. The Morgan fingerprint density at radius 2 is 2.19 bits per heavy atom. The Bertz CT molecular complexity index is 353. The van der Waals surface area contributed by atoms with E-state index in [1.165, 1.54) is 0 Å². The minimum Gasteiger partial charge on any atom is -0.488 e. The van der Waals surface area contributed by atoms with E-state index in [2.05, 4.69) is 0 Å². The predicted octanol–water partition coefficient (Wildman–Crippen LogP) is 2.35. The van der Waals surface area contributed by atoms with Gasteiger partial charge in [0.25, 0.3) is 6.43 Å². The van der Waals surface area contributed by atoms with Gasteiger partial charge in [-0.2, -0.15) is 0 Å². The van der Waals surface area contributed by atoms with Crippen LogP contribution in [0, 0.1) is 0 Å². The molecule has 0 atom stereocenters. The van der Waals surface area contributed by atoms with E-state index in [1.54, 1.807) is 24.3 Å². The number of halogens is 2. The fourth-order valence-corrected chi connectivity index (χ4v) is 1.20. The number of alkyl halides is 2. The molecule has 0 saturated carbocycles. The Morgan fingerprint density at radius 3 is 2.81 bits per heavy atom. The molecular formula is C11H12F2O3. The smallest absolute Gasteiger partial charge is 0.303 e. The van der Waals surface area contributed by atoms with Crippen molar-refractivity contribution < 1.29 is 23.4 Å². The third-order valence-electron chi connectivity index (χ3n) is 1.90. The summed E-state index contributed by atoms with van der Waals surface area (Å²) >= 11 is 0. The Kier molecular flexibility index (Phi) is 4.69. The summed E-state index contributed by atoms with van der Waals surface area (Å²) in [5.74, 6) is -0.554. The molecule has 0 aromatic heterocycles. The molecular weight excluding hydrogens is 218 g/mol. The number of ether oxygens (including phenoxy) is 1. The monoisotopic (exact) mass is 230 g/mol. The van der Waals surface area contributed by atoms with Gasteiger partial charge in [-0.25, -0.2) is 8.78 Å². The molecule has 5 heteroatoms. The van der Waals surface area contributed by atoms with E-state index < -0.39 is 19.0 Å². The lowest BCUT2D eigenvalue weighted by Crippen LogP contribution is -2.07. The van der Waals surface area contributed by atoms with Crippen LogP contribution in [0.25, 0.3) is 0 Å². The average Bonchev–Trinajstić information content (AvgIpc) is 2.24. The van der Waals surface area contributed by atoms with E-state index in [9.17, 15) is 13.6 Å². The van der Waals surface area contributed by atoms with Crippen molar-refractivity contribution in [3.8, 4) is 5.75 Å². The topological polar surface area (TPSA) is 46.5 Å². The summed E-state index contributed by atoms with van der Waals surface area (Å²) in [6.45, 7) is -0.650. The number of hydrogen-bond donors (Lipinski definition) is 1. The van der Waals surface area contributed by atoms with E-state index in [0.717, 1.165) is 5.56 Å². The van der Waals surface area contributed by atoms with Crippen LogP contribution in [0.1, 0.15) is 12.0 Å². The van der Waals surface area contributed by atoms with Gasteiger partial charge in [-0.3, -0.25) is 4.79 Å². The van der Waals surface area contributed by atoms with Crippen LogP contribution in [0.2, 0.25) is 0 Å². The predicted molar refractivity (Wildman–Crippen MR) is 53.9 cm³/mol. The molecule has 0 aliphatic carbocycles. The maximum absolute atomic E-state index is 11.9. The summed E-state index contributed by atoms with van der Waals surface area (Å²) in [6.07, 6.45) is -2.14. The molecule has 0 spiro atoms. The Labute approximate surface area is 91.7 Å². The van der Waals surface area contributed by atoms with Crippen LogP contribution in [0.5, 0.6) is 5.75 Å². The molecule has 1 aromatic carbocycles. The third-order valence-corrected chi connectivity index (χ3v) is 1.90. The number of rotatable bonds is 6. The van der Waals surface area contributed by atoms with Gasteiger partial charge in [-0.15, -0.1) is 0 Å². The first-order valence-corrected chi connectivity index (χ1v) is 4.79. The van der Waals surface area contributed by atoms with Crippen LogP contribution in [0.3, 0.4) is 0 Å². The first-order chi connectivity index (χ1) is 7.58. The highest BCUT2D eigenvalue weighted by atomic mass is 19.3. The van der Waals surface area contributed by atoms with E-state index in [4.69, 9.17) is 9.84 Å². The van der Waals surface area contributed by atoms with Crippen molar-refractivity contribution in [2.75, 3.05) is 6.61 Å². The molecule has 0 bridgehead atoms. The highest BCUT2D eigenvalue weighted by Crippen LogP contribution is 2.15. The number of carbonyl (C=O) groups is 1. The van der Waals surface area contributed by atoms with Gasteiger partial charge in [0.15, 0.2) is 0 Å². The molecule has 0 unspecified atom stereocenters. The Hall–Kier alpha value is -1.65. The molecule has 1 aromatic rings. The molecule has 3 nitrogen and oxygen atoms in total. The lowest BCUT2D eigenvalue weighted by molar-refractivity contribution is -0.136. The van der Waals surface area contributed by atoms with Crippen molar-refractivity contribution in [2.45, 2.75) is 19.3 Å². The fourth-order valence-electron chi connectivity index (χ4n) is 1.20. The Balaban J connectivity index is 2.53. The van der Waals surface area contributed by atoms with Crippen LogP contribution in [0.4, 0.5) is 8.78 Å². The minimum absolute atomic E-state index is 0.0122. The van der Waals surface area contributed by atoms with Crippen molar-refractivity contribution in [3.05, 3.63) is 29.8 Å². The first kappa shape index (κ1) is 12.4. The molecule has 1 N–H and O–H groups in total. The van der Waals surface area contributed by atoms with E-state index in [-0.39, 0.29) is 6.42 Å². The fraction of sp³-hybridized carbons (Fsp3) is 0.364. The summed E-state index contributed by atoms with van der Waals surface area (Å²) in [5.41, 5.74) is 0.758. The molecule has 0 saturated heterocycles. The lowest BCUT2D eigenvalue weighted by atomic mass is 10.1. The second kappa shape index (κ2) is 6.05. The van der Waals surface area contributed by atoms with Crippen LogP contribution < -0.4 is 4.74 Å². The number of aliphatic carboxylic acids is 1. The lowest BCUT2D eigenvalue weighted by Gasteiger charge is -2.06. The molecule has 0 aliphatic heterocycles. The van der Waals surface area contributed by atoms with Gasteiger partial charge in [-0.1, -0.05) is 12.1 Å². The molecule has 1 rings (SSSR count). The maximum atomic E-state index is 11.9. The molecule has 88 valence electrons. The molecule has 0 aliphatic rings. The quantitative estimate of drug-likeness (QED) is 0.815. The van der Waals surface area contributed by atoms with Crippen LogP contribution in [-0.4, -0.2) is 24.1 Å². The third kappa shape index (κ3) is 4.72. The highest BCUT2D eigenvalue weighted by molar-refractivity contribution is 5.67. The molecule has 0 radical (unpaired) electrons. The van der Waals surface area contributed by atoms with Gasteiger partial charge in [0, 0.05) is 6.42 Å². The second-order valence-corrected chi connectivity index (χ2v) is 3.24. The van der Waals surface area contributed by atoms with Gasteiger partial charge >= 0.3 is 5.97 Å². The van der Waals surface area contributed by atoms with E-state index >= 15 is 0 Å². The zero-order valence-corrected chi connectivity index (χ0v) is 8.53. The van der Waals surface area contributed by atoms with Gasteiger partial charge in [0.05, 0.1) is 0 Å². The summed E-state index contributed by atoms with van der Waals surface area (Å²) in [6, 6.07) is 6.52. The first-order valence-electron chi connectivity index (χ1n) is 4.79. The zero-order chi connectivity index (χ0) is 12.0. The van der Waals surface area contributed by atoms with Crippen LogP contribution in [0.15, 0.2) is 24.3 Å². The van der Waals surface area contributed by atoms with Crippen molar-refractivity contribution in [1.29, 1.82) is 0 Å². The van der Waals surface area contributed by atoms with Gasteiger partial charge < -0.3 is 9.84 Å². The zero-order valence-electron chi connectivity index (χ0n) is 8.53. The second-order valence-electron chi connectivity index (χ2n) is 3.24. The summed E-state index contributed by atoms with van der Waals surface area (Å²) in [7, 11) is 0. The molecule has 0 heterocycles. The van der Waals surface area contributed by atoms with Crippen molar-refractivity contribution in [1.82, 2.24) is 0 Å². The van der Waals surface area contributed by atoms with Crippen molar-refractivity contribution in [3.63, 3.8) is 0 Å². The summed E-state index contributed by atoms with van der Waals surface area (Å²) in [4.78, 5) is 10.3. The standard InChI is InChI=1S/C11H12F2O3/c12-10(13)7-16-9-3-1-2-8(6-9)4-5-11(14)15/h1-3,6,10H,4-5,7H2,(H,14,15). The van der Waals surface area contributed by atoms with Gasteiger partial charge in [0.2, 0.25) is 0 Å². The van der Waals surface area contributed by atoms with Crippen LogP contribution in [-0.2, 0) is 11.2 Å². The van der Waals surface area contributed by atoms with Gasteiger partial charge in [0.1, 0.15) is 12.4 Å². The average molecular weight is 230 g/mol. The van der Waals surface area contributed by atoms with Crippen molar-refractivity contribution >= 4 is 5.97 Å². The largest absolute Gasteiger partial charge is 0.488 e.